The van der Waals surface area contributed by atoms with Crippen molar-refractivity contribution in [3.8, 4) is 10.6 Å². The fraction of sp³-hybridized carbons (Fsp3) is 0.316. The largest absolute Gasteiger partial charge is 0.336 e. The van der Waals surface area contributed by atoms with Gasteiger partial charge in [0.05, 0.1) is 5.69 Å². The van der Waals surface area contributed by atoms with Gasteiger partial charge in [0.2, 0.25) is 0 Å². The Kier molecular flexibility index (Phi) is 4.75. The van der Waals surface area contributed by atoms with Crippen molar-refractivity contribution in [2.24, 2.45) is 7.05 Å². The van der Waals surface area contributed by atoms with Crippen LogP contribution in [0.3, 0.4) is 0 Å². The molecule has 4 rings (SSSR count). The number of nitrogens with zero attached hydrogens (tertiary/aromatic N) is 4. The van der Waals surface area contributed by atoms with Crippen molar-refractivity contribution in [1.82, 2.24) is 24.8 Å². The summed E-state index contributed by atoms with van der Waals surface area (Å²) in [7, 11) is 1.93. The van der Waals surface area contributed by atoms with Crippen molar-refractivity contribution in [2.75, 3.05) is 19.6 Å². The quantitative estimate of drug-likeness (QED) is 0.753. The minimum atomic E-state index is -0.290. The van der Waals surface area contributed by atoms with E-state index in [-0.39, 0.29) is 17.8 Å². The zero-order chi connectivity index (χ0) is 19.0. The van der Waals surface area contributed by atoms with Gasteiger partial charge in [0.1, 0.15) is 27.6 Å². The Morgan fingerprint density at radius 1 is 1.33 bits per heavy atom. The number of halogens is 1. The summed E-state index contributed by atoms with van der Waals surface area (Å²) in [6.07, 6.45) is 3.63. The topological polar surface area (TPSA) is 63.1 Å². The second-order valence-corrected chi connectivity index (χ2v) is 7.55. The summed E-state index contributed by atoms with van der Waals surface area (Å²) in [5.41, 5.74) is 1.51. The smallest absolute Gasteiger partial charge is 0.266 e. The van der Waals surface area contributed by atoms with Gasteiger partial charge in [-0.15, -0.1) is 11.3 Å². The molecule has 0 bridgehead atoms. The van der Waals surface area contributed by atoms with Gasteiger partial charge in [-0.1, -0.05) is 0 Å². The number of hydrogen-bond donors (Lipinski definition) is 1. The monoisotopic (exact) mass is 385 g/mol. The Hall–Kier alpha value is -2.58. The van der Waals surface area contributed by atoms with Crippen LogP contribution < -0.4 is 5.32 Å². The van der Waals surface area contributed by atoms with E-state index in [0.717, 1.165) is 22.9 Å². The van der Waals surface area contributed by atoms with Crippen LogP contribution in [0, 0.1) is 12.7 Å². The molecular formula is C19H20FN5OS. The Bertz CT molecular complexity index is 965. The van der Waals surface area contributed by atoms with Gasteiger partial charge >= 0.3 is 0 Å². The Balaban J connectivity index is 1.65. The number of carbonyl (C=O) groups excluding carboxylic acids is 1. The lowest BCUT2D eigenvalue weighted by Gasteiger charge is -2.35. The number of nitrogens with one attached hydrogen (secondary N) is 1. The molecule has 0 aliphatic carbocycles. The molecule has 27 heavy (non-hydrogen) atoms. The van der Waals surface area contributed by atoms with Crippen molar-refractivity contribution < 1.29 is 9.18 Å². The first-order valence-electron chi connectivity index (χ1n) is 8.77. The Labute approximate surface area is 160 Å². The molecule has 1 aromatic carbocycles. The van der Waals surface area contributed by atoms with E-state index in [9.17, 15) is 9.18 Å². The number of aromatic nitrogens is 3. The number of amides is 1. The molecule has 1 saturated heterocycles. The minimum absolute atomic E-state index is 0.0344. The lowest BCUT2D eigenvalue weighted by Crippen LogP contribution is -2.49. The van der Waals surface area contributed by atoms with E-state index in [1.54, 1.807) is 18.3 Å². The van der Waals surface area contributed by atoms with Gasteiger partial charge in [0.25, 0.3) is 5.91 Å². The summed E-state index contributed by atoms with van der Waals surface area (Å²) in [5.74, 6) is 0.534. The summed E-state index contributed by atoms with van der Waals surface area (Å²) in [5, 5.41) is 4.06. The maximum Gasteiger partial charge on any atom is 0.266 e. The maximum atomic E-state index is 13.3. The number of benzene rings is 1. The van der Waals surface area contributed by atoms with E-state index in [0.29, 0.717) is 23.7 Å². The Morgan fingerprint density at radius 2 is 2.11 bits per heavy atom. The molecule has 140 valence electrons. The van der Waals surface area contributed by atoms with E-state index in [1.165, 1.54) is 23.5 Å². The van der Waals surface area contributed by atoms with Gasteiger partial charge in [-0.3, -0.25) is 4.79 Å². The van der Waals surface area contributed by atoms with Gasteiger partial charge in [-0.05, 0) is 31.2 Å². The highest BCUT2D eigenvalue weighted by atomic mass is 32.1. The summed E-state index contributed by atoms with van der Waals surface area (Å²) >= 11 is 1.35. The van der Waals surface area contributed by atoms with E-state index in [4.69, 9.17) is 0 Å². The standard InChI is InChI=1S/C19H20FN5OS/c1-12-16(27-18(23-12)13-3-5-14(20)6-4-13)19(26)25-10-7-21-11-15(25)17-22-8-9-24(17)2/h3-6,8-9,15,21H,7,10-11H2,1-2H3. The maximum absolute atomic E-state index is 13.3. The van der Waals surface area contributed by atoms with Crippen molar-refractivity contribution in [3.05, 3.63) is 58.9 Å². The van der Waals surface area contributed by atoms with Crippen LogP contribution >= 0.6 is 11.3 Å². The molecule has 6 nitrogen and oxygen atoms in total. The van der Waals surface area contributed by atoms with Crippen LogP contribution in [0.1, 0.15) is 27.2 Å². The average Bonchev–Trinajstić information content (AvgIpc) is 3.27. The number of thiazole rings is 1. The molecule has 3 aromatic rings. The molecule has 1 fully saturated rings. The number of piperazine rings is 1. The molecule has 1 N–H and O–H groups in total. The number of rotatable bonds is 3. The highest BCUT2D eigenvalue weighted by Crippen LogP contribution is 2.31. The first-order chi connectivity index (χ1) is 13.0. The third-order valence-corrected chi connectivity index (χ3v) is 5.94. The molecule has 0 radical (unpaired) electrons. The van der Waals surface area contributed by atoms with Gasteiger partial charge in [-0.2, -0.15) is 0 Å². The van der Waals surface area contributed by atoms with E-state index in [1.807, 2.05) is 29.6 Å². The summed E-state index contributed by atoms with van der Waals surface area (Å²) in [4.78, 5) is 24.8. The molecule has 1 aliphatic heterocycles. The van der Waals surface area contributed by atoms with Crippen LogP contribution in [0.5, 0.6) is 0 Å². The van der Waals surface area contributed by atoms with E-state index < -0.39 is 0 Å². The second-order valence-electron chi connectivity index (χ2n) is 6.56. The summed E-state index contributed by atoms with van der Waals surface area (Å²) in [6.45, 7) is 3.86. The number of carbonyl (C=O) groups is 1. The summed E-state index contributed by atoms with van der Waals surface area (Å²) < 4.78 is 15.1. The van der Waals surface area contributed by atoms with Crippen LogP contribution in [0.25, 0.3) is 10.6 Å². The highest BCUT2D eigenvalue weighted by molar-refractivity contribution is 7.17. The highest BCUT2D eigenvalue weighted by Gasteiger charge is 2.33. The molecule has 1 aliphatic rings. The third kappa shape index (κ3) is 3.38. The van der Waals surface area contributed by atoms with E-state index in [2.05, 4.69) is 15.3 Å². The van der Waals surface area contributed by atoms with Crippen molar-refractivity contribution in [1.29, 1.82) is 0 Å². The van der Waals surface area contributed by atoms with Gasteiger partial charge in [0.15, 0.2) is 0 Å². The molecular weight excluding hydrogens is 365 g/mol. The zero-order valence-corrected chi connectivity index (χ0v) is 16.0. The van der Waals surface area contributed by atoms with Gasteiger partial charge in [-0.25, -0.2) is 14.4 Å². The SMILES string of the molecule is Cc1nc(-c2ccc(F)cc2)sc1C(=O)N1CCNCC1c1nccn1C. The number of hydrogen-bond acceptors (Lipinski definition) is 5. The molecule has 2 aromatic heterocycles. The van der Waals surface area contributed by atoms with Crippen molar-refractivity contribution in [3.63, 3.8) is 0 Å². The van der Waals surface area contributed by atoms with Gasteiger partial charge in [0, 0.05) is 44.6 Å². The minimum Gasteiger partial charge on any atom is -0.336 e. The van der Waals surface area contributed by atoms with Crippen LogP contribution in [0.2, 0.25) is 0 Å². The predicted octanol–water partition coefficient (Wildman–Crippen LogP) is 2.78. The molecule has 8 heteroatoms. The summed E-state index contributed by atoms with van der Waals surface area (Å²) in [6, 6.07) is 6.05. The lowest BCUT2D eigenvalue weighted by atomic mass is 10.1. The first-order valence-corrected chi connectivity index (χ1v) is 9.58. The second kappa shape index (κ2) is 7.21. The van der Waals surface area contributed by atoms with Crippen LogP contribution in [0.4, 0.5) is 4.39 Å². The third-order valence-electron chi connectivity index (χ3n) is 4.74. The molecule has 1 amide bonds. The molecule has 1 atom stereocenters. The predicted molar refractivity (Wildman–Crippen MR) is 102 cm³/mol. The lowest BCUT2D eigenvalue weighted by molar-refractivity contribution is 0.0625. The van der Waals surface area contributed by atoms with E-state index >= 15 is 0 Å². The first kappa shape index (κ1) is 17.8. The molecule has 0 saturated carbocycles. The fourth-order valence-electron chi connectivity index (χ4n) is 3.32. The number of imidazole rings is 1. The van der Waals surface area contributed by atoms with Crippen LogP contribution in [-0.4, -0.2) is 45.0 Å². The fourth-order valence-corrected chi connectivity index (χ4v) is 4.35. The van der Waals surface area contributed by atoms with Gasteiger partial charge < -0.3 is 14.8 Å². The zero-order valence-electron chi connectivity index (χ0n) is 15.1. The normalized spacial score (nSPS) is 17.3. The van der Waals surface area contributed by atoms with Crippen molar-refractivity contribution >= 4 is 17.2 Å². The molecule has 1 unspecified atom stereocenters. The molecule has 0 spiro atoms. The van der Waals surface area contributed by atoms with Crippen LogP contribution in [0.15, 0.2) is 36.7 Å². The number of aryl methyl sites for hydroxylation is 2. The van der Waals surface area contributed by atoms with Crippen LogP contribution in [-0.2, 0) is 7.05 Å². The average molecular weight is 385 g/mol. The van der Waals surface area contributed by atoms with Crippen molar-refractivity contribution in [2.45, 2.75) is 13.0 Å². The molecule has 3 heterocycles. The Morgan fingerprint density at radius 3 is 2.81 bits per heavy atom.